The van der Waals surface area contributed by atoms with Crippen LogP contribution in [-0.2, 0) is 13.5 Å². The van der Waals surface area contributed by atoms with E-state index in [9.17, 15) is 14.5 Å². The molecular formula is C12H13FN4O2. The number of hydrogen-bond donors (Lipinski definition) is 1. The normalized spacial score (nSPS) is 10.4. The molecule has 0 aliphatic heterocycles. The molecule has 1 aromatic heterocycles. The Morgan fingerprint density at radius 3 is 2.95 bits per heavy atom. The average molecular weight is 264 g/mol. The van der Waals surface area contributed by atoms with E-state index in [1.165, 1.54) is 0 Å². The number of rotatable bonds is 5. The summed E-state index contributed by atoms with van der Waals surface area (Å²) in [5.74, 6) is -0.505. The summed E-state index contributed by atoms with van der Waals surface area (Å²) in [4.78, 5) is 10.3. The van der Waals surface area contributed by atoms with Gasteiger partial charge in [-0.05, 0) is 18.1 Å². The first kappa shape index (κ1) is 13.0. The SMILES string of the molecule is Cn1cc(CCNc2cc(F)ccc2[N+](=O)[O-])cn1. The topological polar surface area (TPSA) is 73.0 Å². The van der Waals surface area contributed by atoms with Gasteiger partial charge in [0.25, 0.3) is 5.69 Å². The number of aromatic nitrogens is 2. The molecule has 0 aliphatic carbocycles. The van der Waals surface area contributed by atoms with Crippen LogP contribution in [0.15, 0.2) is 30.6 Å². The second-order valence-electron chi connectivity index (χ2n) is 4.12. The van der Waals surface area contributed by atoms with Crippen LogP contribution in [-0.4, -0.2) is 21.2 Å². The van der Waals surface area contributed by atoms with E-state index in [-0.39, 0.29) is 11.4 Å². The highest BCUT2D eigenvalue weighted by molar-refractivity contribution is 5.61. The smallest absolute Gasteiger partial charge is 0.292 e. The maximum absolute atomic E-state index is 13.1. The Labute approximate surface area is 109 Å². The molecule has 0 fully saturated rings. The van der Waals surface area contributed by atoms with Crippen molar-refractivity contribution < 1.29 is 9.31 Å². The summed E-state index contributed by atoms with van der Waals surface area (Å²) < 4.78 is 14.8. The van der Waals surface area contributed by atoms with Crippen LogP contribution in [0.5, 0.6) is 0 Å². The number of hydrogen-bond acceptors (Lipinski definition) is 4. The number of anilines is 1. The Kier molecular flexibility index (Phi) is 3.74. The summed E-state index contributed by atoms with van der Waals surface area (Å²) in [6.07, 6.45) is 4.24. The number of nitro groups is 1. The minimum Gasteiger partial charge on any atom is -0.379 e. The van der Waals surface area contributed by atoms with Crippen molar-refractivity contribution >= 4 is 11.4 Å². The third kappa shape index (κ3) is 3.27. The average Bonchev–Trinajstić information content (AvgIpc) is 2.75. The third-order valence-corrected chi connectivity index (χ3v) is 2.64. The van der Waals surface area contributed by atoms with E-state index in [0.717, 1.165) is 23.8 Å². The fourth-order valence-electron chi connectivity index (χ4n) is 1.75. The van der Waals surface area contributed by atoms with E-state index < -0.39 is 10.7 Å². The molecule has 0 unspecified atom stereocenters. The van der Waals surface area contributed by atoms with Crippen LogP contribution >= 0.6 is 0 Å². The summed E-state index contributed by atoms with van der Waals surface area (Å²) in [5.41, 5.74) is 1.07. The number of aryl methyl sites for hydroxylation is 1. The molecule has 0 aliphatic rings. The minimum absolute atomic E-state index is 0.132. The van der Waals surface area contributed by atoms with Gasteiger partial charge in [-0.2, -0.15) is 5.10 Å². The zero-order valence-corrected chi connectivity index (χ0v) is 10.3. The zero-order chi connectivity index (χ0) is 13.8. The van der Waals surface area contributed by atoms with Crippen LogP contribution in [0.4, 0.5) is 15.8 Å². The highest BCUT2D eigenvalue weighted by atomic mass is 19.1. The van der Waals surface area contributed by atoms with Crippen molar-refractivity contribution in [1.29, 1.82) is 0 Å². The van der Waals surface area contributed by atoms with E-state index in [0.29, 0.717) is 13.0 Å². The summed E-state index contributed by atoms with van der Waals surface area (Å²) in [6.45, 7) is 0.468. The molecule has 0 amide bonds. The number of benzene rings is 1. The molecule has 0 bridgehead atoms. The lowest BCUT2D eigenvalue weighted by Gasteiger charge is -2.06. The van der Waals surface area contributed by atoms with E-state index in [1.54, 1.807) is 10.9 Å². The van der Waals surface area contributed by atoms with Crippen LogP contribution in [0.3, 0.4) is 0 Å². The zero-order valence-electron chi connectivity index (χ0n) is 10.3. The van der Waals surface area contributed by atoms with Gasteiger partial charge in [0.1, 0.15) is 11.5 Å². The summed E-state index contributed by atoms with van der Waals surface area (Å²) in [6, 6.07) is 3.35. The first-order valence-electron chi connectivity index (χ1n) is 5.71. The second-order valence-corrected chi connectivity index (χ2v) is 4.12. The largest absolute Gasteiger partial charge is 0.379 e. The highest BCUT2D eigenvalue weighted by Crippen LogP contribution is 2.24. The molecule has 0 saturated carbocycles. The van der Waals surface area contributed by atoms with Crippen molar-refractivity contribution in [1.82, 2.24) is 9.78 Å². The number of halogens is 1. The van der Waals surface area contributed by atoms with Gasteiger partial charge in [-0.1, -0.05) is 0 Å². The standard InChI is InChI=1S/C12H13FN4O2/c1-16-8-9(7-15-16)4-5-14-11-6-10(13)2-3-12(11)17(18)19/h2-3,6-8,14H,4-5H2,1H3. The quantitative estimate of drug-likeness (QED) is 0.663. The molecule has 0 atom stereocenters. The minimum atomic E-state index is -0.536. The van der Waals surface area contributed by atoms with Crippen LogP contribution in [0.2, 0.25) is 0 Å². The lowest BCUT2D eigenvalue weighted by atomic mass is 10.2. The molecule has 7 heteroatoms. The molecule has 100 valence electrons. The Hall–Kier alpha value is -2.44. The molecule has 0 radical (unpaired) electrons. The summed E-state index contributed by atoms with van der Waals surface area (Å²) in [5, 5.41) is 17.7. The van der Waals surface area contributed by atoms with Gasteiger partial charge in [0.05, 0.1) is 11.1 Å². The Morgan fingerprint density at radius 1 is 1.53 bits per heavy atom. The molecule has 0 spiro atoms. The molecule has 2 aromatic rings. The number of nitro benzene ring substituents is 1. The first-order valence-corrected chi connectivity index (χ1v) is 5.71. The molecule has 6 nitrogen and oxygen atoms in total. The molecule has 1 N–H and O–H groups in total. The second kappa shape index (κ2) is 5.47. The maximum atomic E-state index is 13.1. The first-order chi connectivity index (χ1) is 9.06. The molecule has 19 heavy (non-hydrogen) atoms. The van der Waals surface area contributed by atoms with Gasteiger partial charge < -0.3 is 5.32 Å². The van der Waals surface area contributed by atoms with E-state index in [2.05, 4.69) is 10.4 Å². The van der Waals surface area contributed by atoms with Gasteiger partial charge in [0, 0.05) is 31.9 Å². The van der Waals surface area contributed by atoms with Crippen molar-refractivity contribution in [3.63, 3.8) is 0 Å². The lowest BCUT2D eigenvalue weighted by Crippen LogP contribution is -2.07. The van der Waals surface area contributed by atoms with Crippen LogP contribution in [0, 0.1) is 15.9 Å². The third-order valence-electron chi connectivity index (χ3n) is 2.64. The van der Waals surface area contributed by atoms with Crippen molar-refractivity contribution in [2.24, 2.45) is 7.05 Å². The number of nitrogens with one attached hydrogen (secondary N) is 1. The maximum Gasteiger partial charge on any atom is 0.292 e. The molecule has 1 aromatic carbocycles. The fraction of sp³-hybridized carbons (Fsp3) is 0.250. The van der Waals surface area contributed by atoms with Crippen LogP contribution in [0.25, 0.3) is 0 Å². The van der Waals surface area contributed by atoms with Gasteiger partial charge in [-0.25, -0.2) is 4.39 Å². The Balaban J connectivity index is 2.02. The molecular weight excluding hydrogens is 251 g/mol. The van der Waals surface area contributed by atoms with Gasteiger partial charge in [0.15, 0.2) is 0 Å². The van der Waals surface area contributed by atoms with E-state index >= 15 is 0 Å². The van der Waals surface area contributed by atoms with Crippen LogP contribution < -0.4 is 5.32 Å². The fourth-order valence-corrected chi connectivity index (χ4v) is 1.75. The Morgan fingerprint density at radius 2 is 2.32 bits per heavy atom. The van der Waals surface area contributed by atoms with E-state index in [1.807, 2.05) is 13.2 Å². The van der Waals surface area contributed by atoms with Gasteiger partial charge in [-0.3, -0.25) is 14.8 Å². The molecule has 1 heterocycles. The predicted molar refractivity (Wildman–Crippen MR) is 68.5 cm³/mol. The van der Waals surface area contributed by atoms with Gasteiger partial charge in [-0.15, -0.1) is 0 Å². The van der Waals surface area contributed by atoms with Gasteiger partial charge in [0.2, 0.25) is 0 Å². The Bertz CT molecular complexity index is 597. The van der Waals surface area contributed by atoms with Crippen molar-refractivity contribution in [3.05, 3.63) is 52.1 Å². The van der Waals surface area contributed by atoms with Crippen molar-refractivity contribution in [3.8, 4) is 0 Å². The highest BCUT2D eigenvalue weighted by Gasteiger charge is 2.13. The number of nitrogens with zero attached hydrogens (tertiary/aromatic N) is 3. The van der Waals surface area contributed by atoms with Crippen LogP contribution in [0.1, 0.15) is 5.56 Å². The summed E-state index contributed by atoms with van der Waals surface area (Å²) in [7, 11) is 1.81. The predicted octanol–water partition coefficient (Wildman–Crippen LogP) is 2.12. The summed E-state index contributed by atoms with van der Waals surface area (Å²) >= 11 is 0. The van der Waals surface area contributed by atoms with E-state index in [4.69, 9.17) is 0 Å². The van der Waals surface area contributed by atoms with Crippen molar-refractivity contribution in [2.75, 3.05) is 11.9 Å². The lowest BCUT2D eigenvalue weighted by molar-refractivity contribution is -0.384. The molecule has 2 rings (SSSR count). The monoisotopic (exact) mass is 264 g/mol. The van der Waals surface area contributed by atoms with Gasteiger partial charge >= 0.3 is 0 Å². The molecule has 0 saturated heterocycles. The van der Waals surface area contributed by atoms with Crippen molar-refractivity contribution in [2.45, 2.75) is 6.42 Å².